The number of anilines is 1. The van der Waals surface area contributed by atoms with Gasteiger partial charge in [0.1, 0.15) is 5.65 Å². The second-order valence-corrected chi connectivity index (χ2v) is 5.90. The summed E-state index contributed by atoms with van der Waals surface area (Å²) in [5.74, 6) is -0.333. The van der Waals surface area contributed by atoms with Gasteiger partial charge in [0.15, 0.2) is 0 Å². The topological polar surface area (TPSA) is 124 Å². The first kappa shape index (κ1) is 15.9. The van der Waals surface area contributed by atoms with Crippen molar-refractivity contribution in [3.8, 4) is 0 Å². The van der Waals surface area contributed by atoms with Gasteiger partial charge in [0, 0.05) is 25.7 Å². The Kier molecular flexibility index (Phi) is 4.15. The molecule has 0 spiro atoms. The van der Waals surface area contributed by atoms with Gasteiger partial charge in [-0.05, 0) is 30.9 Å². The molecule has 2 aromatic heterocycles. The van der Waals surface area contributed by atoms with Gasteiger partial charge in [-0.2, -0.15) is 0 Å². The van der Waals surface area contributed by atoms with Crippen molar-refractivity contribution in [1.29, 1.82) is 0 Å². The molecule has 0 radical (unpaired) electrons. The van der Waals surface area contributed by atoms with Gasteiger partial charge in [0.05, 0.1) is 4.92 Å². The average molecular weight is 331 g/mol. The van der Waals surface area contributed by atoms with Crippen LogP contribution in [0.5, 0.6) is 0 Å². The monoisotopic (exact) mass is 331 g/mol. The molecule has 1 saturated heterocycles. The smallest absolute Gasteiger partial charge is 0.370 e. The van der Waals surface area contributed by atoms with Crippen LogP contribution < -0.4 is 16.2 Å². The molecule has 2 aromatic rings. The third-order valence-electron chi connectivity index (χ3n) is 4.18. The van der Waals surface area contributed by atoms with Gasteiger partial charge >= 0.3 is 11.2 Å². The van der Waals surface area contributed by atoms with Crippen LogP contribution in [-0.2, 0) is 4.79 Å². The van der Waals surface area contributed by atoms with E-state index in [0.29, 0.717) is 18.7 Å². The fourth-order valence-electron chi connectivity index (χ4n) is 3.16. The van der Waals surface area contributed by atoms with E-state index in [9.17, 15) is 19.7 Å². The van der Waals surface area contributed by atoms with Crippen molar-refractivity contribution in [3.05, 3.63) is 44.9 Å². The van der Waals surface area contributed by atoms with Crippen molar-refractivity contribution in [2.45, 2.75) is 19.3 Å². The van der Waals surface area contributed by atoms with Crippen molar-refractivity contribution >= 4 is 23.1 Å². The molecule has 9 nitrogen and oxygen atoms in total. The molecule has 1 unspecified atom stereocenters. The summed E-state index contributed by atoms with van der Waals surface area (Å²) in [6.07, 6.45) is 3.25. The van der Waals surface area contributed by atoms with E-state index in [2.05, 4.69) is 4.98 Å². The zero-order valence-corrected chi connectivity index (χ0v) is 12.9. The maximum absolute atomic E-state index is 12.5. The van der Waals surface area contributed by atoms with Crippen LogP contribution in [0.3, 0.4) is 0 Å². The molecule has 1 amide bonds. The van der Waals surface area contributed by atoms with Crippen LogP contribution in [0.4, 0.5) is 11.5 Å². The van der Waals surface area contributed by atoms with Gasteiger partial charge in [-0.3, -0.25) is 24.1 Å². The van der Waals surface area contributed by atoms with Crippen LogP contribution in [-0.4, -0.2) is 33.3 Å². The molecule has 24 heavy (non-hydrogen) atoms. The number of fused-ring (bicyclic) bond motifs is 1. The van der Waals surface area contributed by atoms with Crippen LogP contribution in [0, 0.1) is 16.0 Å². The Hall–Kier alpha value is -2.97. The maximum atomic E-state index is 12.5. The highest BCUT2D eigenvalue weighted by Crippen LogP contribution is 2.28. The third kappa shape index (κ3) is 2.92. The second-order valence-electron chi connectivity index (χ2n) is 5.90. The number of hydrogen-bond donors (Lipinski definition) is 1. The highest BCUT2D eigenvalue weighted by atomic mass is 16.6. The molecule has 0 aliphatic carbocycles. The quantitative estimate of drug-likeness (QED) is 0.649. The number of piperidine rings is 1. The molecule has 1 atom stereocenters. The Bertz CT molecular complexity index is 863. The molecule has 9 heteroatoms. The molecular formula is C15H17N5O4. The molecule has 1 aliphatic heterocycles. The van der Waals surface area contributed by atoms with Gasteiger partial charge in [-0.1, -0.05) is 6.07 Å². The summed E-state index contributed by atoms with van der Waals surface area (Å²) in [7, 11) is 0. The lowest BCUT2D eigenvalue weighted by atomic mass is 9.94. The number of amides is 1. The van der Waals surface area contributed by atoms with Gasteiger partial charge in [-0.15, -0.1) is 0 Å². The number of primary amides is 1. The van der Waals surface area contributed by atoms with Crippen LogP contribution in [0.1, 0.15) is 19.3 Å². The van der Waals surface area contributed by atoms with Crippen molar-refractivity contribution < 1.29 is 9.72 Å². The Balaban J connectivity index is 2.07. The molecule has 1 aliphatic rings. The first-order valence-electron chi connectivity index (χ1n) is 7.66. The fraction of sp³-hybridized carbons (Fsp3) is 0.400. The van der Waals surface area contributed by atoms with Crippen LogP contribution in [0.25, 0.3) is 5.65 Å². The average Bonchev–Trinajstić information content (AvgIpc) is 2.54. The van der Waals surface area contributed by atoms with E-state index in [-0.39, 0.29) is 18.2 Å². The first-order valence-corrected chi connectivity index (χ1v) is 7.66. The van der Waals surface area contributed by atoms with Gasteiger partial charge in [-0.25, -0.2) is 4.98 Å². The van der Waals surface area contributed by atoms with E-state index < -0.39 is 22.1 Å². The standard InChI is InChI=1S/C15H17N5O4/c16-11(21)8-10-4-3-6-18(9-10)14-13(20(23)24)15(22)19-7-2-1-5-12(19)17-14/h1-2,5,7,10H,3-4,6,8-9H2,(H2,16,21). The highest BCUT2D eigenvalue weighted by Gasteiger charge is 2.31. The summed E-state index contributed by atoms with van der Waals surface area (Å²) in [6, 6.07) is 4.95. The summed E-state index contributed by atoms with van der Waals surface area (Å²) >= 11 is 0. The van der Waals surface area contributed by atoms with E-state index in [0.717, 1.165) is 17.2 Å². The van der Waals surface area contributed by atoms with E-state index in [1.165, 1.54) is 6.20 Å². The molecule has 126 valence electrons. The van der Waals surface area contributed by atoms with Crippen molar-refractivity contribution in [2.75, 3.05) is 18.0 Å². The highest BCUT2D eigenvalue weighted by molar-refractivity contribution is 5.74. The summed E-state index contributed by atoms with van der Waals surface area (Å²) < 4.78 is 1.16. The summed E-state index contributed by atoms with van der Waals surface area (Å²) in [5.41, 5.74) is 4.34. The number of nitro groups is 1. The number of nitrogens with two attached hydrogens (primary N) is 1. The number of nitrogens with zero attached hydrogens (tertiary/aromatic N) is 4. The Labute approximate surface area is 136 Å². The summed E-state index contributed by atoms with van der Waals surface area (Å²) in [4.78, 5) is 40.4. The molecule has 0 saturated carbocycles. The number of rotatable bonds is 4. The SMILES string of the molecule is NC(=O)CC1CCCN(c2nc3ccccn3c(=O)c2[N+](=O)[O-])C1. The van der Waals surface area contributed by atoms with Crippen LogP contribution in [0.2, 0.25) is 0 Å². The fourth-order valence-corrected chi connectivity index (χ4v) is 3.16. The second kappa shape index (κ2) is 6.26. The maximum Gasteiger partial charge on any atom is 0.376 e. The van der Waals surface area contributed by atoms with Crippen molar-refractivity contribution in [3.63, 3.8) is 0 Å². The minimum Gasteiger partial charge on any atom is -0.370 e. The molecule has 3 heterocycles. The normalized spacial score (nSPS) is 17.8. The number of hydrogen-bond acceptors (Lipinski definition) is 6. The van der Waals surface area contributed by atoms with Crippen LogP contribution in [0.15, 0.2) is 29.2 Å². The Morgan fingerprint density at radius 3 is 2.96 bits per heavy atom. The molecule has 0 bridgehead atoms. The lowest BCUT2D eigenvalue weighted by molar-refractivity contribution is -0.385. The molecule has 1 fully saturated rings. The minimum atomic E-state index is -0.711. The molecule has 2 N–H and O–H groups in total. The lowest BCUT2D eigenvalue weighted by Crippen LogP contribution is -2.39. The van der Waals surface area contributed by atoms with E-state index in [4.69, 9.17) is 5.73 Å². The third-order valence-corrected chi connectivity index (χ3v) is 4.18. The predicted molar refractivity (Wildman–Crippen MR) is 86.9 cm³/mol. The Morgan fingerprint density at radius 2 is 2.25 bits per heavy atom. The Morgan fingerprint density at radius 1 is 1.46 bits per heavy atom. The van der Waals surface area contributed by atoms with Crippen LogP contribution >= 0.6 is 0 Å². The van der Waals surface area contributed by atoms with E-state index >= 15 is 0 Å². The zero-order chi connectivity index (χ0) is 17.3. The van der Waals surface area contributed by atoms with Gasteiger partial charge < -0.3 is 10.6 Å². The summed E-state index contributed by atoms with van der Waals surface area (Å²) in [5, 5.41) is 11.4. The summed E-state index contributed by atoms with van der Waals surface area (Å²) in [6.45, 7) is 0.963. The van der Waals surface area contributed by atoms with Gasteiger partial charge in [0.2, 0.25) is 11.7 Å². The molecule has 3 rings (SSSR count). The number of carbonyl (C=O) groups is 1. The lowest BCUT2D eigenvalue weighted by Gasteiger charge is -2.32. The molecule has 0 aromatic carbocycles. The predicted octanol–water partition coefficient (Wildman–Crippen LogP) is 0.694. The van der Waals surface area contributed by atoms with Crippen molar-refractivity contribution in [1.82, 2.24) is 9.38 Å². The minimum absolute atomic E-state index is 0.00637. The van der Waals surface area contributed by atoms with Gasteiger partial charge in [0.25, 0.3) is 0 Å². The number of pyridine rings is 1. The van der Waals surface area contributed by atoms with E-state index in [1.54, 1.807) is 23.1 Å². The first-order chi connectivity index (χ1) is 11.5. The zero-order valence-electron chi connectivity index (χ0n) is 12.9. The number of aromatic nitrogens is 2. The van der Waals surface area contributed by atoms with E-state index in [1.807, 2.05) is 0 Å². The largest absolute Gasteiger partial charge is 0.376 e. The van der Waals surface area contributed by atoms with Crippen molar-refractivity contribution in [2.24, 2.45) is 11.7 Å². The number of carbonyl (C=O) groups excluding carboxylic acids is 1. The molecular weight excluding hydrogens is 314 g/mol.